The van der Waals surface area contributed by atoms with Gasteiger partial charge < -0.3 is 16.4 Å². The maximum Gasteiger partial charge on any atom is 0.269 e. The highest BCUT2D eigenvalue weighted by Crippen LogP contribution is 2.15. The van der Waals surface area contributed by atoms with Gasteiger partial charge in [-0.3, -0.25) is 14.9 Å². The van der Waals surface area contributed by atoms with Gasteiger partial charge in [-0.1, -0.05) is 13.8 Å². The number of non-ortho nitro benzene ring substituents is 1. The highest BCUT2D eigenvalue weighted by Gasteiger charge is 2.12. The Hall–Kier alpha value is -2.15. The lowest BCUT2D eigenvalue weighted by molar-refractivity contribution is -0.384. The molecular formula is C16H26N4O3. The lowest BCUT2D eigenvalue weighted by Gasteiger charge is -2.18. The minimum atomic E-state index is -0.431. The van der Waals surface area contributed by atoms with E-state index < -0.39 is 4.92 Å². The molecule has 0 aromatic heterocycles. The third-order valence-electron chi connectivity index (χ3n) is 3.39. The highest BCUT2D eigenvalue weighted by atomic mass is 16.6. The fraction of sp³-hybridized carbons (Fsp3) is 0.562. The van der Waals surface area contributed by atoms with E-state index in [0.717, 1.165) is 12.1 Å². The van der Waals surface area contributed by atoms with E-state index in [9.17, 15) is 14.9 Å². The van der Waals surface area contributed by atoms with Gasteiger partial charge in [0.1, 0.15) is 0 Å². The molecule has 7 nitrogen and oxygen atoms in total. The van der Waals surface area contributed by atoms with Gasteiger partial charge >= 0.3 is 0 Å². The van der Waals surface area contributed by atoms with Crippen LogP contribution in [0, 0.1) is 16.0 Å². The number of benzene rings is 1. The van der Waals surface area contributed by atoms with E-state index in [1.165, 1.54) is 12.1 Å². The molecule has 1 aromatic rings. The first-order valence-electron chi connectivity index (χ1n) is 7.90. The monoisotopic (exact) mass is 322 g/mol. The maximum atomic E-state index is 11.9. The molecule has 1 rings (SSSR count). The lowest BCUT2D eigenvalue weighted by atomic mass is 10.0. The van der Waals surface area contributed by atoms with Crippen molar-refractivity contribution in [2.24, 2.45) is 11.7 Å². The molecule has 0 aliphatic carbocycles. The Kier molecular flexibility index (Phi) is 8.04. The second kappa shape index (κ2) is 9.78. The molecule has 0 bridgehead atoms. The predicted octanol–water partition coefficient (Wildman–Crippen LogP) is 2.28. The van der Waals surface area contributed by atoms with Crippen LogP contribution in [0.15, 0.2) is 24.3 Å². The first kappa shape index (κ1) is 18.9. The fourth-order valence-corrected chi connectivity index (χ4v) is 2.27. The number of nitro groups is 1. The summed E-state index contributed by atoms with van der Waals surface area (Å²) in [5.74, 6) is 0.499. The van der Waals surface area contributed by atoms with Crippen molar-refractivity contribution in [3.63, 3.8) is 0 Å². The molecule has 0 radical (unpaired) electrons. The van der Waals surface area contributed by atoms with Crippen LogP contribution in [0.5, 0.6) is 0 Å². The predicted molar refractivity (Wildman–Crippen MR) is 91.3 cm³/mol. The molecule has 4 N–H and O–H groups in total. The van der Waals surface area contributed by atoms with Crippen molar-refractivity contribution in [3.8, 4) is 0 Å². The van der Waals surface area contributed by atoms with E-state index in [4.69, 9.17) is 5.73 Å². The van der Waals surface area contributed by atoms with Gasteiger partial charge in [-0.05, 0) is 30.9 Å². The number of nitrogens with zero attached hydrogens (tertiary/aromatic N) is 1. The average molecular weight is 322 g/mol. The quantitative estimate of drug-likeness (QED) is 0.348. The molecule has 1 unspecified atom stereocenters. The molecule has 0 spiro atoms. The smallest absolute Gasteiger partial charge is 0.269 e. The van der Waals surface area contributed by atoms with Gasteiger partial charge in [0, 0.05) is 43.4 Å². The summed E-state index contributed by atoms with van der Waals surface area (Å²) in [6, 6.07) is 6.25. The third-order valence-corrected chi connectivity index (χ3v) is 3.39. The Morgan fingerprint density at radius 2 is 1.96 bits per heavy atom. The van der Waals surface area contributed by atoms with Gasteiger partial charge in [0.2, 0.25) is 5.91 Å². The van der Waals surface area contributed by atoms with Crippen LogP contribution in [0.25, 0.3) is 0 Å². The van der Waals surface area contributed by atoms with Gasteiger partial charge in [0.05, 0.1) is 4.92 Å². The zero-order valence-corrected chi connectivity index (χ0v) is 13.7. The lowest BCUT2D eigenvalue weighted by Crippen LogP contribution is -2.41. The number of anilines is 1. The van der Waals surface area contributed by atoms with Crippen LogP contribution < -0.4 is 16.4 Å². The van der Waals surface area contributed by atoms with Crippen LogP contribution in [0.1, 0.15) is 33.1 Å². The first-order valence-corrected chi connectivity index (χ1v) is 7.90. The fourth-order valence-electron chi connectivity index (χ4n) is 2.27. The Labute approximate surface area is 136 Å². The molecule has 7 heteroatoms. The van der Waals surface area contributed by atoms with Gasteiger partial charge in [0.25, 0.3) is 5.69 Å². The first-order chi connectivity index (χ1) is 10.9. The molecule has 128 valence electrons. The molecule has 1 amide bonds. The number of nitrogens with two attached hydrogens (primary N) is 1. The molecular weight excluding hydrogens is 296 g/mol. The summed E-state index contributed by atoms with van der Waals surface area (Å²) in [6.07, 6.45) is 1.99. The zero-order valence-electron chi connectivity index (χ0n) is 13.7. The summed E-state index contributed by atoms with van der Waals surface area (Å²) in [5.41, 5.74) is 6.52. The number of carbonyl (C=O) groups excluding carboxylic acids is 1. The van der Waals surface area contributed by atoms with Crippen molar-refractivity contribution in [3.05, 3.63) is 34.4 Å². The van der Waals surface area contributed by atoms with Crippen molar-refractivity contribution in [2.45, 2.75) is 39.2 Å². The molecule has 0 aliphatic heterocycles. The summed E-state index contributed by atoms with van der Waals surface area (Å²) in [7, 11) is 0. The highest BCUT2D eigenvalue weighted by molar-refractivity contribution is 5.76. The molecule has 0 saturated carbocycles. The summed E-state index contributed by atoms with van der Waals surface area (Å²) < 4.78 is 0. The SMILES string of the molecule is CC(C)CC(CN)NC(=O)CCCNc1ccc([N+](=O)[O-])cc1. The largest absolute Gasteiger partial charge is 0.385 e. The van der Waals surface area contributed by atoms with Gasteiger partial charge in [-0.25, -0.2) is 0 Å². The second-order valence-corrected chi connectivity index (χ2v) is 5.96. The van der Waals surface area contributed by atoms with Gasteiger partial charge in [-0.2, -0.15) is 0 Å². The zero-order chi connectivity index (χ0) is 17.2. The van der Waals surface area contributed by atoms with Crippen molar-refractivity contribution in [1.29, 1.82) is 0 Å². The molecule has 0 aliphatic rings. The standard InChI is InChI=1S/C16H26N4O3/c1-12(2)10-14(11-17)19-16(21)4-3-9-18-13-5-7-15(8-6-13)20(22)23/h5-8,12,14,18H,3-4,9-11,17H2,1-2H3,(H,19,21). The van der Waals surface area contributed by atoms with Crippen molar-refractivity contribution in [2.75, 3.05) is 18.4 Å². The number of amides is 1. The molecule has 23 heavy (non-hydrogen) atoms. The molecule has 1 aromatic carbocycles. The molecule has 0 saturated heterocycles. The van der Waals surface area contributed by atoms with E-state index >= 15 is 0 Å². The van der Waals surface area contributed by atoms with Crippen molar-refractivity contribution < 1.29 is 9.72 Å². The Morgan fingerprint density at radius 3 is 2.48 bits per heavy atom. The molecule has 0 heterocycles. The Balaban J connectivity index is 2.25. The van der Waals surface area contributed by atoms with E-state index in [0.29, 0.717) is 31.8 Å². The number of hydrogen-bond donors (Lipinski definition) is 3. The van der Waals surface area contributed by atoms with Crippen LogP contribution in [0.2, 0.25) is 0 Å². The van der Waals surface area contributed by atoms with E-state index in [2.05, 4.69) is 24.5 Å². The number of hydrogen-bond acceptors (Lipinski definition) is 5. The number of carbonyl (C=O) groups is 1. The van der Waals surface area contributed by atoms with Crippen LogP contribution in [-0.2, 0) is 4.79 Å². The molecule has 0 fully saturated rings. The minimum absolute atomic E-state index is 0.00611. The summed E-state index contributed by atoms with van der Waals surface area (Å²) in [5, 5.41) is 16.6. The number of nitro benzene ring substituents is 1. The third kappa shape index (κ3) is 7.60. The van der Waals surface area contributed by atoms with Crippen LogP contribution >= 0.6 is 0 Å². The topological polar surface area (TPSA) is 110 Å². The Bertz CT molecular complexity index is 503. The number of nitrogens with one attached hydrogen (secondary N) is 2. The Morgan fingerprint density at radius 1 is 1.30 bits per heavy atom. The molecule has 1 atom stereocenters. The van der Waals surface area contributed by atoms with E-state index in [-0.39, 0.29) is 17.6 Å². The van der Waals surface area contributed by atoms with E-state index in [1.54, 1.807) is 12.1 Å². The van der Waals surface area contributed by atoms with Crippen molar-refractivity contribution >= 4 is 17.3 Å². The average Bonchev–Trinajstić information content (AvgIpc) is 2.50. The second-order valence-electron chi connectivity index (χ2n) is 5.96. The minimum Gasteiger partial charge on any atom is -0.385 e. The van der Waals surface area contributed by atoms with Crippen LogP contribution in [0.4, 0.5) is 11.4 Å². The summed E-state index contributed by atoms with van der Waals surface area (Å²) in [4.78, 5) is 22.0. The van der Waals surface area contributed by atoms with Gasteiger partial charge in [0.15, 0.2) is 0 Å². The normalized spacial score (nSPS) is 12.0. The summed E-state index contributed by atoms with van der Waals surface area (Å²) in [6.45, 7) is 5.28. The number of rotatable bonds is 10. The van der Waals surface area contributed by atoms with Crippen LogP contribution in [-0.4, -0.2) is 30.0 Å². The maximum absolute atomic E-state index is 11.9. The van der Waals surface area contributed by atoms with Gasteiger partial charge in [-0.15, -0.1) is 0 Å². The van der Waals surface area contributed by atoms with E-state index in [1.807, 2.05) is 0 Å². The van der Waals surface area contributed by atoms with Crippen molar-refractivity contribution in [1.82, 2.24) is 5.32 Å². The van der Waals surface area contributed by atoms with Crippen LogP contribution in [0.3, 0.4) is 0 Å². The summed E-state index contributed by atoms with van der Waals surface area (Å²) >= 11 is 0.